The number of nitrogens with zero attached hydrogens (tertiary/aromatic N) is 1. The summed E-state index contributed by atoms with van der Waals surface area (Å²) in [7, 11) is 0. The van der Waals surface area contributed by atoms with Crippen molar-refractivity contribution in [3.8, 4) is 0 Å². The molecule has 1 aliphatic rings. The first-order chi connectivity index (χ1) is 8.45. The zero-order valence-corrected chi connectivity index (χ0v) is 10.5. The smallest absolute Gasteiger partial charge is 0.228 e. The summed E-state index contributed by atoms with van der Waals surface area (Å²) < 4.78 is 0. The topological polar surface area (TPSA) is 87.7 Å². The van der Waals surface area contributed by atoms with Gasteiger partial charge in [-0.15, -0.1) is 0 Å². The molecule has 1 unspecified atom stereocenters. The number of rotatable bonds is 3. The van der Waals surface area contributed by atoms with E-state index in [2.05, 4.69) is 24.3 Å². The van der Waals surface area contributed by atoms with Gasteiger partial charge in [-0.2, -0.15) is 0 Å². The Labute approximate surface area is 106 Å². The van der Waals surface area contributed by atoms with E-state index in [0.717, 1.165) is 6.42 Å². The van der Waals surface area contributed by atoms with E-state index >= 15 is 0 Å². The van der Waals surface area contributed by atoms with E-state index in [1.165, 1.54) is 0 Å². The predicted molar refractivity (Wildman–Crippen MR) is 69.5 cm³/mol. The molecular weight excluding hydrogens is 230 g/mol. The lowest BCUT2D eigenvalue weighted by molar-refractivity contribution is -0.118. The van der Waals surface area contributed by atoms with Gasteiger partial charge in [-0.1, -0.05) is 31.1 Å². The number of para-hydroxylation sites is 1. The van der Waals surface area contributed by atoms with Crippen LogP contribution in [0.15, 0.2) is 29.4 Å². The fourth-order valence-electron chi connectivity index (χ4n) is 2.00. The molecular formula is C13H17N3O2. The fraction of sp³-hybridized carbons (Fsp3) is 0.385. The van der Waals surface area contributed by atoms with Crippen molar-refractivity contribution in [1.29, 1.82) is 0 Å². The fourth-order valence-corrected chi connectivity index (χ4v) is 2.00. The molecule has 1 fully saturated rings. The van der Waals surface area contributed by atoms with Crippen molar-refractivity contribution in [1.82, 2.24) is 0 Å². The van der Waals surface area contributed by atoms with Gasteiger partial charge in [0.15, 0.2) is 5.84 Å². The summed E-state index contributed by atoms with van der Waals surface area (Å²) >= 11 is 0. The van der Waals surface area contributed by atoms with Crippen LogP contribution in [0.1, 0.15) is 25.8 Å². The highest BCUT2D eigenvalue weighted by Gasteiger charge is 2.50. The van der Waals surface area contributed by atoms with Crippen LogP contribution < -0.4 is 11.1 Å². The third kappa shape index (κ3) is 2.30. The molecule has 1 aliphatic carbocycles. The lowest BCUT2D eigenvalue weighted by atomic mass is 10.1. The molecule has 0 radical (unpaired) electrons. The first-order valence-corrected chi connectivity index (χ1v) is 5.83. The molecule has 5 nitrogen and oxygen atoms in total. The standard InChI is InChI=1S/C13H17N3O2/c1-13(2)7-9(13)12(17)15-10-6-4-3-5-8(10)11(14)16-18/h3-6,9,18H,7H2,1-2H3,(H2,14,16)(H,15,17). The van der Waals surface area contributed by atoms with E-state index in [0.29, 0.717) is 11.3 Å². The Morgan fingerprint density at radius 1 is 1.50 bits per heavy atom. The van der Waals surface area contributed by atoms with Crippen molar-refractivity contribution in [3.63, 3.8) is 0 Å². The van der Waals surface area contributed by atoms with Crippen LogP contribution in [-0.2, 0) is 4.79 Å². The maximum atomic E-state index is 12.0. The second kappa shape index (κ2) is 4.33. The summed E-state index contributed by atoms with van der Waals surface area (Å²) in [6.07, 6.45) is 0.893. The minimum atomic E-state index is -0.0156. The minimum absolute atomic E-state index is 0.0130. The lowest BCUT2D eigenvalue weighted by Crippen LogP contribution is -2.21. The van der Waals surface area contributed by atoms with Gasteiger partial charge in [-0.05, 0) is 24.0 Å². The van der Waals surface area contributed by atoms with Gasteiger partial charge in [0, 0.05) is 11.5 Å². The molecule has 18 heavy (non-hydrogen) atoms. The van der Waals surface area contributed by atoms with Gasteiger partial charge < -0.3 is 16.3 Å². The summed E-state index contributed by atoms with van der Waals surface area (Å²) in [6, 6.07) is 7.00. The number of nitrogens with one attached hydrogen (secondary N) is 1. The second-order valence-corrected chi connectivity index (χ2v) is 5.27. The molecule has 5 heteroatoms. The van der Waals surface area contributed by atoms with Crippen LogP contribution in [-0.4, -0.2) is 17.0 Å². The Morgan fingerprint density at radius 2 is 2.11 bits per heavy atom. The Balaban J connectivity index is 2.17. The minimum Gasteiger partial charge on any atom is -0.409 e. The van der Waals surface area contributed by atoms with E-state index < -0.39 is 0 Å². The largest absolute Gasteiger partial charge is 0.409 e. The molecule has 0 bridgehead atoms. The summed E-state index contributed by atoms with van der Waals surface area (Å²) in [5.74, 6) is 0.0111. The van der Waals surface area contributed by atoms with Gasteiger partial charge in [0.05, 0.1) is 5.69 Å². The highest BCUT2D eigenvalue weighted by atomic mass is 16.4. The number of benzene rings is 1. The Kier molecular flexibility index (Phi) is 2.98. The van der Waals surface area contributed by atoms with Crippen molar-refractivity contribution in [3.05, 3.63) is 29.8 Å². The molecule has 96 valence electrons. The number of carbonyl (C=O) groups excluding carboxylic acids is 1. The van der Waals surface area contributed by atoms with Crippen molar-refractivity contribution < 1.29 is 10.0 Å². The average Bonchev–Trinajstić information content (AvgIpc) is 2.98. The first-order valence-electron chi connectivity index (χ1n) is 5.83. The van der Waals surface area contributed by atoms with Gasteiger partial charge in [0.25, 0.3) is 0 Å². The van der Waals surface area contributed by atoms with E-state index in [9.17, 15) is 4.79 Å². The van der Waals surface area contributed by atoms with E-state index in [1.807, 2.05) is 0 Å². The second-order valence-electron chi connectivity index (χ2n) is 5.27. The van der Waals surface area contributed by atoms with Crippen LogP contribution in [0, 0.1) is 11.3 Å². The first kappa shape index (κ1) is 12.4. The molecule has 0 saturated heterocycles. The molecule has 0 aliphatic heterocycles. The maximum absolute atomic E-state index is 12.0. The summed E-state index contributed by atoms with van der Waals surface area (Å²) in [5, 5.41) is 14.5. The van der Waals surface area contributed by atoms with Crippen LogP contribution >= 0.6 is 0 Å². The van der Waals surface area contributed by atoms with Crippen molar-refractivity contribution in [2.24, 2.45) is 22.2 Å². The summed E-state index contributed by atoms with van der Waals surface area (Å²) in [4.78, 5) is 12.0. The van der Waals surface area contributed by atoms with Gasteiger partial charge in [-0.3, -0.25) is 4.79 Å². The highest BCUT2D eigenvalue weighted by Crippen LogP contribution is 2.52. The van der Waals surface area contributed by atoms with Crippen molar-refractivity contribution in [2.45, 2.75) is 20.3 Å². The highest BCUT2D eigenvalue weighted by molar-refractivity contribution is 6.06. The number of carbonyl (C=O) groups is 1. The molecule has 0 heterocycles. The van der Waals surface area contributed by atoms with Gasteiger partial charge >= 0.3 is 0 Å². The van der Waals surface area contributed by atoms with Crippen LogP contribution in [0.2, 0.25) is 0 Å². The number of anilines is 1. The molecule has 2 rings (SSSR count). The monoisotopic (exact) mass is 247 g/mol. The third-order valence-electron chi connectivity index (χ3n) is 3.40. The molecule has 1 aromatic rings. The Hall–Kier alpha value is -2.04. The van der Waals surface area contributed by atoms with E-state index in [1.54, 1.807) is 24.3 Å². The van der Waals surface area contributed by atoms with Crippen LogP contribution in [0.25, 0.3) is 0 Å². The van der Waals surface area contributed by atoms with Crippen LogP contribution in [0.4, 0.5) is 5.69 Å². The number of hydrogen-bond donors (Lipinski definition) is 3. The summed E-state index contributed by atoms with van der Waals surface area (Å²) in [5.41, 5.74) is 6.73. The third-order valence-corrected chi connectivity index (χ3v) is 3.40. The van der Waals surface area contributed by atoms with Crippen LogP contribution in [0.5, 0.6) is 0 Å². The SMILES string of the molecule is CC1(C)CC1C(=O)Nc1ccccc1/C(N)=N/O. The van der Waals surface area contributed by atoms with Crippen LogP contribution in [0.3, 0.4) is 0 Å². The number of nitrogens with two attached hydrogens (primary N) is 1. The van der Waals surface area contributed by atoms with E-state index in [4.69, 9.17) is 10.9 Å². The van der Waals surface area contributed by atoms with E-state index in [-0.39, 0.29) is 23.1 Å². The lowest BCUT2D eigenvalue weighted by Gasteiger charge is -2.10. The average molecular weight is 247 g/mol. The number of amidine groups is 1. The molecule has 0 spiro atoms. The predicted octanol–water partition coefficient (Wildman–Crippen LogP) is 1.77. The molecule has 4 N–H and O–H groups in total. The van der Waals surface area contributed by atoms with Gasteiger partial charge in [-0.25, -0.2) is 0 Å². The number of oxime groups is 1. The maximum Gasteiger partial charge on any atom is 0.228 e. The molecule has 1 amide bonds. The zero-order chi connectivity index (χ0) is 13.3. The molecule has 1 saturated carbocycles. The summed E-state index contributed by atoms with van der Waals surface area (Å²) in [6.45, 7) is 4.12. The molecule has 1 aromatic carbocycles. The number of hydrogen-bond acceptors (Lipinski definition) is 3. The van der Waals surface area contributed by atoms with Gasteiger partial charge in [0.1, 0.15) is 0 Å². The normalized spacial score (nSPS) is 21.4. The quantitative estimate of drug-likeness (QED) is 0.329. The van der Waals surface area contributed by atoms with Crippen molar-refractivity contribution >= 4 is 17.4 Å². The molecule has 0 aromatic heterocycles. The molecule has 1 atom stereocenters. The Bertz CT molecular complexity index is 509. The number of amides is 1. The Morgan fingerprint density at radius 3 is 2.67 bits per heavy atom. The van der Waals surface area contributed by atoms with Gasteiger partial charge in [0.2, 0.25) is 5.91 Å². The van der Waals surface area contributed by atoms with Crippen molar-refractivity contribution in [2.75, 3.05) is 5.32 Å². The zero-order valence-electron chi connectivity index (χ0n) is 10.5.